The first-order chi connectivity index (χ1) is 9.79. The van der Waals surface area contributed by atoms with Crippen LogP contribution in [0.25, 0.3) is 0 Å². The van der Waals surface area contributed by atoms with Crippen LogP contribution in [0.4, 0.5) is 24.5 Å². The van der Waals surface area contributed by atoms with Crippen molar-refractivity contribution in [2.24, 2.45) is 5.73 Å². The molecular weight excluding hydrogens is 287 g/mol. The van der Waals surface area contributed by atoms with E-state index < -0.39 is 22.4 Å². The first-order valence-corrected chi connectivity index (χ1v) is 6.67. The first-order valence-electron chi connectivity index (χ1n) is 6.67. The van der Waals surface area contributed by atoms with Crippen LogP contribution in [0, 0.1) is 10.1 Å². The summed E-state index contributed by atoms with van der Waals surface area (Å²) in [6.07, 6.45) is -1.12. The maximum Gasteiger partial charge on any atom is 0.416 e. The number of rotatable bonds is 3. The minimum absolute atomic E-state index is 0.0790. The highest BCUT2D eigenvalue weighted by molar-refractivity contribution is 5.63. The van der Waals surface area contributed by atoms with Crippen molar-refractivity contribution in [2.45, 2.75) is 43.9 Å². The molecule has 3 N–H and O–H groups in total. The maximum atomic E-state index is 12.6. The van der Waals surface area contributed by atoms with E-state index in [1.165, 1.54) is 0 Å². The van der Waals surface area contributed by atoms with Crippen molar-refractivity contribution in [3.8, 4) is 0 Å². The molecule has 8 heteroatoms. The molecule has 1 aromatic carbocycles. The number of nitrogens with one attached hydrogen (secondary N) is 1. The summed E-state index contributed by atoms with van der Waals surface area (Å²) in [6.45, 7) is 0. The van der Waals surface area contributed by atoms with E-state index in [9.17, 15) is 23.3 Å². The molecule has 5 nitrogen and oxygen atoms in total. The third-order valence-electron chi connectivity index (χ3n) is 3.68. The minimum atomic E-state index is -4.61. The summed E-state index contributed by atoms with van der Waals surface area (Å²) < 4.78 is 37.9. The molecule has 0 saturated heterocycles. The molecule has 2 rings (SSSR count). The van der Waals surface area contributed by atoms with Crippen LogP contribution in [0.3, 0.4) is 0 Å². The quantitative estimate of drug-likeness (QED) is 0.663. The van der Waals surface area contributed by atoms with E-state index in [1.807, 2.05) is 0 Å². The van der Waals surface area contributed by atoms with Gasteiger partial charge in [-0.05, 0) is 25.0 Å². The number of nitrogens with zero attached hydrogens (tertiary/aromatic N) is 1. The minimum Gasteiger partial charge on any atom is -0.375 e. The smallest absolute Gasteiger partial charge is 0.375 e. The zero-order chi connectivity index (χ0) is 15.6. The average molecular weight is 303 g/mol. The van der Waals surface area contributed by atoms with Gasteiger partial charge in [-0.2, -0.15) is 13.2 Å². The molecular formula is C13H16F3N3O2. The van der Waals surface area contributed by atoms with E-state index >= 15 is 0 Å². The van der Waals surface area contributed by atoms with Crippen LogP contribution in [0.5, 0.6) is 0 Å². The molecule has 1 aromatic rings. The zero-order valence-corrected chi connectivity index (χ0v) is 11.2. The molecule has 2 atom stereocenters. The number of hydrogen-bond donors (Lipinski definition) is 2. The van der Waals surface area contributed by atoms with Crippen LogP contribution < -0.4 is 11.1 Å². The summed E-state index contributed by atoms with van der Waals surface area (Å²) in [6, 6.07) is 2.18. The summed E-state index contributed by atoms with van der Waals surface area (Å²) in [5.74, 6) is 0. The third-order valence-corrected chi connectivity index (χ3v) is 3.68. The van der Waals surface area contributed by atoms with Crippen LogP contribution in [0.15, 0.2) is 18.2 Å². The van der Waals surface area contributed by atoms with E-state index in [4.69, 9.17) is 5.73 Å². The van der Waals surface area contributed by atoms with Gasteiger partial charge in [0.15, 0.2) is 0 Å². The summed E-state index contributed by atoms with van der Waals surface area (Å²) in [7, 11) is 0. The Morgan fingerprint density at radius 2 is 1.95 bits per heavy atom. The van der Waals surface area contributed by atoms with Crippen molar-refractivity contribution < 1.29 is 18.1 Å². The van der Waals surface area contributed by atoms with E-state index in [1.54, 1.807) is 0 Å². The fourth-order valence-corrected chi connectivity index (χ4v) is 2.52. The van der Waals surface area contributed by atoms with Gasteiger partial charge in [0, 0.05) is 18.2 Å². The second-order valence-corrected chi connectivity index (χ2v) is 5.19. The van der Waals surface area contributed by atoms with Gasteiger partial charge in [-0.25, -0.2) is 0 Å². The van der Waals surface area contributed by atoms with E-state index in [2.05, 4.69) is 5.32 Å². The molecule has 1 aliphatic rings. The summed E-state index contributed by atoms with van der Waals surface area (Å²) >= 11 is 0. The predicted octanol–water partition coefficient (Wildman–Crippen LogP) is 3.30. The standard InChI is InChI=1S/C13H16F3N3O2/c14-13(15,16)8-5-6-11(12(7-8)19(20)21)18-10-4-2-1-3-9(10)17/h5-7,9-10,18H,1-4,17H2/t9-,10-/m1/s1. The summed E-state index contributed by atoms with van der Waals surface area (Å²) in [4.78, 5) is 10.2. The normalized spacial score (nSPS) is 22.9. The molecule has 0 aliphatic heterocycles. The Labute approximate surface area is 119 Å². The monoisotopic (exact) mass is 303 g/mol. The molecule has 0 amide bonds. The lowest BCUT2D eigenvalue weighted by Gasteiger charge is -2.30. The molecule has 1 saturated carbocycles. The van der Waals surface area contributed by atoms with E-state index in [0.717, 1.165) is 37.8 Å². The van der Waals surface area contributed by atoms with Gasteiger partial charge in [0.1, 0.15) is 5.69 Å². The Morgan fingerprint density at radius 3 is 2.52 bits per heavy atom. The highest BCUT2D eigenvalue weighted by Crippen LogP contribution is 2.35. The first kappa shape index (κ1) is 15.6. The molecule has 0 heterocycles. The van der Waals surface area contributed by atoms with Crippen molar-refractivity contribution in [2.75, 3.05) is 5.32 Å². The van der Waals surface area contributed by atoms with Gasteiger partial charge in [0.25, 0.3) is 5.69 Å². The predicted molar refractivity (Wildman–Crippen MR) is 72.0 cm³/mol. The lowest BCUT2D eigenvalue weighted by molar-refractivity contribution is -0.384. The highest BCUT2D eigenvalue weighted by atomic mass is 19.4. The van der Waals surface area contributed by atoms with E-state index in [-0.39, 0.29) is 17.8 Å². The van der Waals surface area contributed by atoms with Crippen LogP contribution in [0.1, 0.15) is 31.2 Å². The van der Waals surface area contributed by atoms with Crippen molar-refractivity contribution in [1.82, 2.24) is 0 Å². The number of halogens is 3. The Morgan fingerprint density at radius 1 is 1.29 bits per heavy atom. The largest absolute Gasteiger partial charge is 0.416 e. The Hall–Kier alpha value is -1.83. The molecule has 1 aliphatic carbocycles. The van der Waals surface area contributed by atoms with Crippen molar-refractivity contribution in [3.63, 3.8) is 0 Å². The zero-order valence-electron chi connectivity index (χ0n) is 11.2. The highest BCUT2D eigenvalue weighted by Gasteiger charge is 2.33. The summed E-state index contributed by atoms with van der Waals surface area (Å²) in [5.41, 5.74) is 4.40. The van der Waals surface area contributed by atoms with Crippen LogP contribution >= 0.6 is 0 Å². The molecule has 0 aromatic heterocycles. The Bertz CT molecular complexity index is 534. The van der Waals surface area contributed by atoms with Crippen molar-refractivity contribution >= 4 is 11.4 Å². The summed E-state index contributed by atoms with van der Waals surface area (Å²) in [5, 5.41) is 13.9. The lowest BCUT2D eigenvalue weighted by atomic mass is 9.91. The van der Waals surface area contributed by atoms with Crippen molar-refractivity contribution in [3.05, 3.63) is 33.9 Å². The number of hydrogen-bond acceptors (Lipinski definition) is 4. The van der Waals surface area contributed by atoms with E-state index in [0.29, 0.717) is 6.07 Å². The molecule has 116 valence electrons. The second-order valence-electron chi connectivity index (χ2n) is 5.19. The second kappa shape index (κ2) is 5.88. The maximum absolute atomic E-state index is 12.6. The lowest BCUT2D eigenvalue weighted by Crippen LogP contribution is -2.42. The topological polar surface area (TPSA) is 81.2 Å². The number of nitrogens with two attached hydrogens (primary N) is 1. The van der Waals surface area contributed by atoms with Gasteiger partial charge in [0.2, 0.25) is 0 Å². The molecule has 0 spiro atoms. The number of benzene rings is 1. The van der Waals surface area contributed by atoms with Gasteiger partial charge in [-0.1, -0.05) is 12.8 Å². The molecule has 1 fully saturated rings. The Kier molecular flexibility index (Phi) is 4.36. The van der Waals surface area contributed by atoms with Gasteiger partial charge in [-0.15, -0.1) is 0 Å². The molecule has 0 unspecified atom stereocenters. The van der Waals surface area contributed by atoms with Gasteiger partial charge in [-0.3, -0.25) is 10.1 Å². The van der Waals surface area contributed by atoms with Crippen LogP contribution in [-0.2, 0) is 6.18 Å². The molecule has 21 heavy (non-hydrogen) atoms. The number of alkyl halides is 3. The third kappa shape index (κ3) is 3.63. The molecule has 0 radical (unpaired) electrons. The van der Waals surface area contributed by atoms with Crippen LogP contribution in [-0.4, -0.2) is 17.0 Å². The number of nitro groups is 1. The van der Waals surface area contributed by atoms with Gasteiger partial charge >= 0.3 is 6.18 Å². The van der Waals surface area contributed by atoms with Gasteiger partial charge in [0.05, 0.1) is 10.5 Å². The number of anilines is 1. The van der Waals surface area contributed by atoms with Gasteiger partial charge < -0.3 is 11.1 Å². The fraction of sp³-hybridized carbons (Fsp3) is 0.538. The fourth-order valence-electron chi connectivity index (χ4n) is 2.52. The van der Waals surface area contributed by atoms with Crippen molar-refractivity contribution in [1.29, 1.82) is 0 Å². The van der Waals surface area contributed by atoms with Crippen LogP contribution in [0.2, 0.25) is 0 Å². The SMILES string of the molecule is N[C@@H]1CCCC[C@H]1Nc1ccc(C(F)(F)F)cc1[N+](=O)[O-]. The molecule has 0 bridgehead atoms. The average Bonchev–Trinajstić information content (AvgIpc) is 2.40. The number of nitro benzene ring substituents is 1. The Balaban J connectivity index is 2.28.